The summed E-state index contributed by atoms with van der Waals surface area (Å²) >= 11 is 1.90. The van der Waals surface area contributed by atoms with Crippen molar-refractivity contribution in [1.82, 2.24) is 4.57 Å². The molecule has 10 aromatic rings. The molecule has 380 valence electrons. The molecule has 0 atom stereocenters. The Morgan fingerprint density at radius 1 is 0.487 bits per heavy atom. The number of benzene rings is 8. The first kappa shape index (κ1) is 48.8. The minimum Gasteiger partial charge on any atom is -0.311 e. The average molecular weight is 1010 g/mol. The van der Waals surface area contributed by atoms with Crippen molar-refractivity contribution in [2.24, 2.45) is 0 Å². The minimum absolute atomic E-state index is 0.0184. The van der Waals surface area contributed by atoms with E-state index >= 15 is 0 Å². The van der Waals surface area contributed by atoms with Gasteiger partial charge in [0.05, 0.1) is 11.4 Å². The molecule has 0 radical (unpaired) electrons. The summed E-state index contributed by atoms with van der Waals surface area (Å²) in [4.78, 5) is 5.26. The van der Waals surface area contributed by atoms with Gasteiger partial charge in [0.25, 0.3) is 6.71 Å². The van der Waals surface area contributed by atoms with E-state index in [9.17, 15) is 0 Å². The lowest BCUT2D eigenvalue weighted by Gasteiger charge is -2.42. The normalized spacial score (nSPS) is 14.6. The molecule has 0 spiro atoms. The smallest absolute Gasteiger partial charge is 0.252 e. The second kappa shape index (κ2) is 16.1. The standard InChI is InChI=1S/C71H72BN3S/c1-41-34-43(67(3,4)5)28-32-54(41)73(55-33-29-44(35-42(55)2)68(6,7)8)47-30-31-52-57(40-47)74(56-25-21-27-61-62(56)49-23-18-20-26-60(49)76-61)58-38-46(70(12,13)14)39-59-64(58)72(52)53-37-45(69(9,10)11)36-50-63-66(75(59)65(50)53)48-22-17-19-24-51(48)71(63,15)16/h17-40H,1-16H3. The lowest BCUT2D eigenvalue weighted by atomic mass is 9.33. The monoisotopic (exact) mass is 1010 g/mol. The predicted octanol–water partition coefficient (Wildman–Crippen LogP) is 18.2. The van der Waals surface area contributed by atoms with Gasteiger partial charge in [0.1, 0.15) is 0 Å². The third kappa shape index (κ3) is 7.06. The molecule has 2 aliphatic heterocycles. The highest BCUT2D eigenvalue weighted by Gasteiger charge is 2.48. The van der Waals surface area contributed by atoms with Crippen LogP contribution in [-0.2, 0) is 27.1 Å². The first-order valence-electron chi connectivity index (χ1n) is 27.7. The molecule has 0 saturated heterocycles. The molecule has 1 aliphatic carbocycles. The summed E-state index contributed by atoms with van der Waals surface area (Å²) in [5, 5.41) is 3.99. The number of thiophene rings is 1. The molecule has 5 heteroatoms. The summed E-state index contributed by atoms with van der Waals surface area (Å²) in [6, 6.07) is 57.4. The summed E-state index contributed by atoms with van der Waals surface area (Å²) in [5.74, 6) is 0. The van der Waals surface area contributed by atoms with Gasteiger partial charge in [-0.1, -0.05) is 182 Å². The number of hydrogen-bond acceptors (Lipinski definition) is 3. The van der Waals surface area contributed by atoms with Crippen molar-refractivity contribution >= 4 is 99.6 Å². The summed E-state index contributed by atoms with van der Waals surface area (Å²) in [7, 11) is 0. The number of nitrogens with zero attached hydrogens (tertiary/aromatic N) is 3. The Kier molecular flexibility index (Phi) is 10.3. The molecule has 0 bridgehead atoms. The third-order valence-electron chi connectivity index (χ3n) is 17.6. The van der Waals surface area contributed by atoms with Crippen molar-refractivity contribution in [3.8, 4) is 16.9 Å². The highest BCUT2D eigenvalue weighted by molar-refractivity contribution is 7.26. The van der Waals surface area contributed by atoms with E-state index in [2.05, 4.69) is 271 Å². The Morgan fingerprint density at radius 3 is 1.72 bits per heavy atom. The zero-order valence-electron chi connectivity index (χ0n) is 47.7. The van der Waals surface area contributed by atoms with Gasteiger partial charge in [-0.25, -0.2) is 0 Å². The van der Waals surface area contributed by atoms with E-state index in [0.717, 1.165) is 5.69 Å². The van der Waals surface area contributed by atoms with Crippen LogP contribution in [0.2, 0.25) is 0 Å². The van der Waals surface area contributed by atoms with Gasteiger partial charge < -0.3 is 14.4 Å². The van der Waals surface area contributed by atoms with E-state index in [4.69, 9.17) is 0 Å². The van der Waals surface area contributed by atoms with Crippen LogP contribution in [0.5, 0.6) is 0 Å². The van der Waals surface area contributed by atoms with Gasteiger partial charge in [-0.15, -0.1) is 11.3 Å². The summed E-state index contributed by atoms with van der Waals surface area (Å²) in [6.07, 6.45) is 0. The van der Waals surface area contributed by atoms with Crippen LogP contribution in [0, 0.1) is 13.8 Å². The van der Waals surface area contributed by atoms with Crippen LogP contribution in [0.4, 0.5) is 34.1 Å². The lowest BCUT2D eigenvalue weighted by molar-refractivity contribution is 0.589. The molecular weight excluding hydrogens is 938 g/mol. The number of aromatic nitrogens is 1. The third-order valence-corrected chi connectivity index (χ3v) is 18.7. The van der Waals surface area contributed by atoms with E-state index in [-0.39, 0.29) is 33.8 Å². The van der Waals surface area contributed by atoms with E-state index in [0.29, 0.717) is 0 Å². The number of aryl methyl sites for hydroxylation is 2. The molecule has 8 aromatic carbocycles. The van der Waals surface area contributed by atoms with Gasteiger partial charge in [-0.2, -0.15) is 0 Å². The maximum Gasteiger partial charge on any atom is 0.252 e. The van der Waals surface area contributed by atoms with Crippen LogP contribution in [0.1, 0.15) is 141 Å². The number of rotatable bonds is 4. The molecule has 13 rings (SSSR count). The maximum absolute atomic E-state index is 2.73. The van der Waals surface area contributed by atoms with Gasteiger partial charge in [0.2, 0.25) is 0 Å². The van der Waals surface area contributed by atoms with Crippen LogP contribution >= 0.6 is 11.3 Å². The first-order valence-corrected chi connectivity index (χ1v) is 28.5. The molecule has 3 nitrogen and oxygen atoms in total. The summed E-state index contributed by atoms with van der Waals surface area (Å²) < 4.78 is 5.34. The Balaban J connectivity index is 1.19. The van der Waals surface area contributed by atoms with Crippen LogP contribution in [0.3, 0.4) is 0 Å². The molecule has 3 aliphatic rings. The first-order chi connectivity index (χ1) is 35.8. The van der Waals surface area contributed by atoms with Crippen molar-refractivity contribution in [3.63, 3.8) is 0 Å². The van der Waals surface area contributed by atoms with Crippen molar-refractivity contribution in [1.29, 1.82) is 0 Å². The highest BCUT2D eigenvalue weighted by Crippen LogP contribution is 2.56. The lowest BCUT2D eigenvalue weighted by Crippen LogP contribution is -2.60. The summed E-state index contributed by atoms with van der Waals surface area (Å²) in [5.41, 5.74) is 27.0. The second-order valence-corrected chi connectivity index (χ2v) is 28.3. The van der Waals surface area contributed by atoms with Crippen LogP contribution in [0.15, 0.2) is 146 Å². The molecule has 2 aromatic heterocycles. The van der Waals surface area contributed by atoms with Gasteiger partial charge >= 0.3 is 0 Å². The van der Waals surface area contributed by atoms with Crippen LogP contribution in [-0.4, -0.2) is 11.3 Å². The second-order valence-electron chi connectivity index (χ2n) is 27.2. The molecule has 0 unspecified atom stereocenters. The Labute approximate surface area is 456 Å². The van der Waals surface area contributed by atoms with E-state index < -0.39 is 0 Å². The SMILES string of the molecule is Cc1cc(C(C)(C)C)ccc1N(c1ccc2c(c1)N(c1cccc3sc4ccccc4c13)c1cc(C(C)(C)C)cc3c1B2c1cc(C(C)(C)C)cc2c4c(n-3c12)-c1ccccc1C4(C)C)c1ccc(C(C)(C)C)cc1C. The maximum atomic E-state index is 2.73. The molecular formula is C71H72BN3S. The molecule has 0 fully saturated rings. The summed E-state index contributed by atoms with van der Waals surface area (Å²) in [6.45, 7) is 37.8. The van der Waals surface area contributed by atoms with Gasteiger partial charge in [-0.3, -0.25) is 0 Å². The van der Waals surface area contributed by atoms with Crippen molar-refractivity contribution in [3.05, 3.63) is 190 Å². The quantitative estimate of drug-likeness (QED) is 0.163. The van der Waals surface area contributed by atoms with Crippen molar-refractivity contribution in [2.75, 3.05) is 9.80 Å². The molecule has 4 heterocycles. The fourth-order valence-electron chi connectivity index (χ4n) is 13.4. The minimum atomic E-state index is -0.196. The van der Waals surface area contributed by atoms with E-state index in [1.165, 1.54) is 137 Å². The van der Waals surface area contributed by atoms with E-state index in [1.807, 2.05) is 11.3 Å². The largest absolute Gasteiger partial charge is 0.311 e. The Bertz CT molecular complexity index is 4050. The average Bonchev–Trinajstić information content (AvgIpc) is 4.11. The zero-order chi connectivity index (χ0) is 53.5. The number of fused-ring (bicyclic) bond motifs is 12. The molecule has 0 amide bonds. The van der Waals surface area contributed by atoms with Crippen LogP contribution < -0.4 is 26.2 Å². The highest BCUT2D eigenvalue weighted by atomic mass is 32.1. The van der Waals surface area contributed by atoms with Crippen LogP contribution in [0.25, 0.3) is 48.0 Å². The van der Waals surface area contributed by atoms with E-state index in [1.54, 1.807) is 0 Å². The Morgan fingerprint density at radius 2 is 1.08 bits per heavy atom. The number of anilines is 6. The predicted molar refractivity (Wildman–Crippen MR) is 332 cm³/mol. The zero-order valence-corrected chi connectivity index (χ0v) is 48.5. The van der Waals surface area contributed by atoms with Crippen molar-refractivity contribution in [2.45, 2.75) is 138 Å². The van der Waals surface area contributed by atoms with Gasteiger partial charge in [-0.05, 0) is 157 Å². The molecule has 0 saturated carbocycles. The molecule has 0 N–H and O–H groups in total. The Hall–Kier alpha value is -6.82. The fraction of sp³-hybridized carbons (Fsp3) is 0.296. The van der Waals surface area contributed by atoms with Gasteiger partial charge in [0, 0.05) is 76.2 Å². The fourth-order valence-corrected chi connectivity index (χ4v) is 14.5. The molecule has 76 heavy (non-hydrogen) atoms. The topological polar surface area (TPSA) is 11.4 Å². The number of hydrogen-bond donors (Lipinski definition) is 0. The van der Waals surface area contributed by atoms with Crippen molar-refractivity contribution < 1.29 is 0 Å². The van der Waals surface area contributed by atoms with Gasteiger partial charge in [0.15, 0.2) is 0 Å².